The van der Waals surface area contributed by atoms with Crippen molar-refractivity contribution in [1.29, 1.82) is 0 Å². The average molecular weight is 453 g/mol. The molecule has 164 valence electrons. The number of halogens is 1. The van der Waals surface area contributed by atoms with Crippen molar-refractivity contribution >= 4 is 21.0 Å². The minimum atomic E-state index is -3.38. The second-order valence-corrected chi connectivity index (χ2v) is 9.99. The molecule has 0 aliphatic heterocycles. The Balaban J connectivity index is 1.63. The molecule has 4 aromatic rings. The summed E-state index contributed by atoms with van der Waals surface area (Å²) in [6.45, 7) is 2.70. The fourth-order valence-corrected chi connectivity index (χ4v) is 5.53. The first-order valence-corrected chi connectivity index (χ1v) is 11.9. The number of benzene rings is 2. The molecule has 9 heteroatoms. The van der Waals surface area contributed by atoms with Crippen molar-refractivity contribution in [1.82, 2.24) is 19.7 Å². The highest BCUT2D eigenvalue weighted by molar-refractivity contribution is 7.92. The number of hydrogen-bond donors (Lipinski definition) is 0. The number of nitrogens with zero attached hydrogens (tertiary/aromatic N) is 4. The lowest BCUT2D eigenvalue weighted by Gasteiger charge is -2.13. The molecule has 1 saturated carbocycles. The molecule has 2 aromatic heterocycles. The van der Waals surface area contributed by atoms with Crippen molar-refractivity contribution in [2.45, 2.75) is 36.5 Å². The predicted octanol–water partition coefficient (Wildman–Crippen LogP) is 4.26. The van der Waals surface area contributed by atoms with Gasteiger partial charge in [0.25, 0.3) is 0 Å². The second-order valence-electron chi connectivity index (χ2n) is 7.76. The highest BCUT2D eigenvalue weighted by atomic mass is 32.2. The van der Waals surface area contributed by atoms with E-state index in [1.54, 1.807) is 30.7 Å². The van der Waals surface area contributed by atoms with Gasteiger partial charge >= 0.3 is 0 Å². The zero-order valence-electron chi connectivity index (χ0n) is 17.6. The van der Waals surface area contributed by atoms with Gasteiger partial charge in [-0.25, -0.2) is 17.8 Å². The van der Waals surface area contributed by atoms with Crippen LogP contribution in [-0.2, 0) is 16.4 Å². The zero-order chi connectivity index (χ0) is 22.5. The number of fused-ring (bicyclic) bond motifs is 1. The fraction of sp³-hybridized carbons (Fsp3) is 0.261. The average Bonchev–Trinajstić information content (AvgIpc) is 3.59. The summed E-state index contributed by atoms with van der Waals surface area (Å²) in [6, 6.07) is 9.34. The van der Waals surface area contributed by atoms with E-state index in [2.05, 4.69) is 15.2 Å². The van der Waals surface area contributed by atoms with Gasteiger partial charge < -0.3 is 9.30 Å². The number of ether oxygens (including phenoxy) is 1. The molecule has 1 fully saturated rings. The Kier molecular flexibility index (Phi) is 4.93. The maximum Gasteiger partial charge on any atom is 0.183 e. The van der Waals surface area contributed by atoms with Crippen LogP contribution in [0.3, 0.4) is 0 Å². The number of sulfone groups is 1. The maximum absolute atomic E-state index is 14.9. The monoisotopic (exact) mass is 452 g/mol. The van der Waals surface area contributed by atoms with Crippen molar-refractivity contribution in [3.8, 4) is 28.0 Å². The largest absolute Gasteiger partial charge is 0.496 e. The number of hydrogen-bond acceptors (Lipinski definition) is 6. The number of aromatic nitrogens is 4. The summed E-state index contributed by atoms with van der Waals surface area (Å²) in [7, 11) is -1.94. The van der Waals surface area contributed by atoms with Crippen molar-refractivity contribution in [2.75, 3.05) is 7.11 Å². The molecule has 0 N–H and O–H groups in total. The van der Waals surface area contributed by atoms with Gasteiger partial charge in [-0.15, -0.1) is 5.10 Å². The van der Waals surface area contributed by atoms with Gasteiger partial charge in [0.1, 0.15) is 17.1 Å². The standard InChI is InChI=1S/C23H21FN4O3S/c1-3-28-13-25-22-19(12-26-27-23(22)28)14-4-9-20(24)18(10-14)17-8-7-16(11-21(17)31-2)32(29,30)15-5-6-15/h4,7-13,15H,3,5-6H2,1-2H3. The van der Waals surface area contributed by atoms with Gasteiger partial charge in [-0.1, -0.05) is 6.07 Å². The Hall–Kier alpha value is -3.33. The lowest BCUT2D eigenvalue weighted by atomic mass is 9.98. The Morgan fingerprint density at radius 1 is 1.12 bits per heavy atom. The molecule has 0 saturated heterocycles. The number of rotatable bonds is 6. The minimum absolute atomic E-state index is 0.197. The number of imidazole rings is 1. The van der Waals surface area contributed by atoms with E-state index < -0.39 is 15.7 Å². The Morgan fingerprint density at radius 2 is 1.94 bits per heavy atom. The molecule has 0 bridgehead atoms. The third-order valence-corrected chi connectivity index (χ3v) is 8.04. The smallest absolute Gasteiger partial charge is 0.183 e. The maximum atomic E-state index is 14.9. The molecule has 0 atom stereocenters. The third-order valence-electron chi connectivity index (χ3n) is 5.78. The molecule has 2 heterocycles. The van der Waals surface area contributed by atoms with Gasteiger partial charge in [0.2, 0.25) is 0 Å². The topological polar surface area (TPSA) is 87.0 Å². The molecule has 0 unspecified atom stereocenters. The van der Waals surface area contributed by atoms with Crippen LogP contribution in [-0.4, -0.2) is 40.5 Å². The summed E-state index contributed by atoms with van der Waals surface area (Å²) < 4.78 is 47.5. The SMILES string of the molecule is CCn1cnc2c(-c3ccc(F)c(-c4ccc(S(=O)(=O)C5CC5)cc4OC)c3)cnnc21. The summed E-state index contributed by atoms with van der Waals surface area (Å²) in [5.74, 6) is -0.141. The van der Waals surface area contributed by atoms with Crippen molar-refractivity contribution in [3.63, 3.8) is 0 Å². The quantitative estimate of drug-likeness (QED) is 0.434. The van der Waals surface area contributed by atoms with Crippen LogP contribution in [0.15, 0.2) is 53.8 Å². The van der Waals surface area contributed by atoms with E-state index in [1.807, 2.05) is 11.5 Å². The van der Waals surface area contributed by atoms with E-state index >= 15 is 0 Å². The molecule has 7 nitrogen and oxygen atoms in total. The predicted molar refractivity (Wildman–Crippen MR) is 119 cm³/mol. The fourth-order valence-electron chi connectivity index (χ4n) is 3.86. The number of methoxy groups -OCH3 is 1. The van der Waals surface area contributed by atoms with E-state index in [4.69, 9.17) is 4.74 Å². The second kappa shape index (κ2) is 7.67. The normalized spacial score (nSPS) is 14.1. The van der Waals surface area contributed by atoms with Crippen LogP contribution in [0.2, 0.25) is 0 Å². The van der Waals surface area contributed by atoms with E-state index in [0.29, 0.717) is 47.4 Å². The van der Waals surface area contributed by atoms with E-state index in [9.17, 15) is 12.8 Å². The van der Waals surface area contributed by atoms with Crippen LogP contribution >= 0.6 is 0 Å². The minimum Gasteiger partial charge on any atom is -0.496 e. The van der Waals surface area contributed by atoms with Crippen LogP contribution in [0, 0.1) is 5.82 Å². The van der Waals surface area contributed by atoms with Gasteiger partial charge in [-0.3, -0.25) is 0 Å². The van der Waals surface area contributed by atoms with Crippen LogP contribution in [0.25, 0.3) is 33.4 Å². The molecule has 0 radical (unpaired) electrons. The first-order chi connectivity index (χ1) is 15.4. The van der Waals surface area contributed by atoms with Gasteiger partial charge in [-0.05, 0) is 55.7 Å². The molecule has 0 amide bonds. The Labute approximate surface area is 184 Å². The van der Waals surface area contributed by atoms with Gasteiger partial charge in [-0.2, -0.15) is 5.10 Å². The van der Waals surface area contributed by atoms with Crippen LogP contribution in [0.1, 0.15) is 19.8 Å². The number of aryl methyl sites for hydroxylation is 1. The first kappa shape index (κ1) is 20.6. The molecule has 2 aromatic carbocycles. The highest BCUT2D eigenvalue weighted by Gasteiger charge is 2.37. The molecular weight excluding hydrogens is 431 g/mol. The third kappa shape index (κ3) is 3.33. The van der Waals surface area contributed by atoms with Crippen molar-refractivity contribution in [3.05, 3.63) is 54.7 Å². The van der Waals surface area contributed by atoms with E-state index in [0.717, 1.165) is 11.1 Å². The molecule has 1 aliphatic carbocycles. The summed E-state index contributed by atoms with van der Waals surface area (Å²) in [5, 5.41) is 7.94. The Bertz CT molecular complexity index is 1450. The molecule has 32 heavy (non-hydrogen) atoms. The molecular formula is C23H21FN4O3S. The highest BCUT2D eigenvalue weighted by Crippen LogP contribution is 2.39. The van der Waals surface area contributed by atoms with Crippen molar-refractivity contribution < 1.29 is 17.5 Å². The van der Waals surface area contributed by atoms with Gasteiger partial charge in [0, 0.05) is 23.2 Å². The zero-order valence-corrected chi connectivity index (χ0v) is 18.4. The summed E-state index contributed by atoms with van der Waals surface area (Å²) in [5.41, 5.74) is 3.56. The van der Waals surface area contributed by atoms with Gasteiger partial charge in [0.05, 0.1) is 29.8 Å². The van der Waals surface area contributed by atoms with E-state index in [1.165, 1.54) is 25.3 Å². The summed E-state index contributed by atoms with van der Waals surface area (Å²) >= 11 is 0. The van der Waals surface area contributed by atoms with Gasteiger partial charge in [0.15, 0.2) is 15.5 Å². The first-order valence-electron chi connectivity index (χ1n) is 10.3. The van der Waals surface area contributed by atoms with E-state index in [-0.39, 0.29) is 10.1 Å². The lowest BCUT2D eigenvalue weighted by molar-refractivity contribution is 0.415. The van der Waals surface area contributed by atoms with Crippen LogP contribution in [0.4, 0.5) is 4.39 Å². The molecule has 0 spiro atoms. The van der Waals surface area contributed by atoms with Crippen LogP contribution in [0.5, 0.6) is 5.75 Å². The lowest BCUT2D eigenvalue weighted by Crippen LogP contribution is -2.07. The molecule has 5 rings (SSSR count). The summed E-state index contributed by atoms with van der Waals surface area (Å²) in [6.07, 6.45) is 4.65. The van der Waals surface area contributed by atoms with Crippen LogP contribution < -0.4 is 4.74 Å². The summed E-state index contributed by atoms with van der Waals surface area (Å²) in [4.78, 5) is 4.66. The molecule has 1 aliphatic rings. The van der Waals surface area contributed by atoms with Crippen molar-refractivity contribution in [2.24, 2.45) is 0 Å². The Morgan fingerprint density at radius 3 is 2.66 bits per heavy atom.